The number of nitrogens with zero attached hydrogens (tertiary/aromatic N) is 4. The first kappa shape index (κ1) is 18.7. The summed E-state index contributed by atoms with van der Waals surface area (Å²) in [6.07, 6.45) is 1.42. The number of morpholine rings is 1. The van der Waals surface area contributed by atoms with Crippen molar-refractivity contribution < 1.29 is 18.9 Å². The van der Waals surface area contributed by atoms with Crippen LogP contribution in [-0.2, 0) is 4.74 Å². The summed E-state index contributed by atoms with van der Waals surface area (Å²) in [6.45, 7) is 4.67. The lowest BCUT2D eigenvalue weighted by atomic mass is 10.2. The second-order valence-electron chi connectivity index (χ2n) is 6.14. The van der Waals surface area contributed by atoms with E-state index in [9.17, 15) is 0 Å². The van der Waals surface area contributed by atoms with E-state index in [2.05, 4.69) is 25.1 Å². The molecule has 3 heterocycles. The minimum absolute atomic E-state index is 0.225. The molecule has 0 saturated carbocycles. The molecule has 1 N–H and O–H groups in total. The molecular formula is C18H20ClN5O4. The number of rotatable bonds is 7. The summed E-state index contributed by atoms with van der Waals surface area (Å²) in [6, 6.07) is 5.59. The van der Waals surface area contributed by atoms with Crippen LogP contribution in [-0.4, -0.2) is 71.6 Å². The highest BCUT2D eigenvalue weighted by atomic mass is 35.5. The van der Waals surface area contributed by atoms with Crippen molar-refractivity contribution in [2.75, 3.05) is 46.6 Å². The van der Waals surface area contributed by atoms with Crippen molar-refractivity contribution in [3.05, 3.63) is 29.5 Å². The van der Waals surface area contributed by atoms with Crippen LogP contribution in [0.15, 0.2) is 24.5 Å². The molecule has 1 aliphatic rings. The maximum atomic E-state index is 6.58. The van der Waals surface area contributed by atoms with E-state index in [0.29, 0.717) is 28.6 Å². The molecule has 9 nitrogen and oxygen atoms in total. The van der Waals surface area contributed by atoms with Crippen LogP contribution in [0.1, 0.15) is 0 Å². The average Bonchev–Trinajstić information content (AvgIpc) is 3.23. The monoisotopic (exact) mass is 405 g/mol. The van der Waals surface area contributed by atoms with Gasteiger partial charge in [-0.15, -0.1) is 5.10 Å². The minimum Gasteiger partial charge on any atom is -0.496 e. The van der Waals surface area contributed by atoms with E-state index < -0.39 is 0 Å². The molecule has 1 aromatic carbocycles. The summed E-state index contributed by atoms with van der Waals surface area (Å²) in [4.78, 5) is 9.54. The molecule has 3 aromatic rings. The molecule has 0 aliphatic carbocycles. The van der Waals surface area contributed by atoms with E-state index in [1.165, 1.54) is 6.33 Å². The maximum Gasteiger partial charge on any atom is 0.320 e. The van der Waals surface area contributed by atoms with Gasteiger partial charge in [-0.1, -0.05) is 16.7 Å². The Balaban J connectivity index is 1.55. The van der Waals surface area contributed by atoms with E-state index in [-0.39, 0.29) is 11.9 Å². The molecule has 0 spiro atoms. The zero-order valence-corrected chi connectivity index (χ0v) is 16.1. The van der Waals surface area contributed by atoms with Gasteiger partial charge in [0.25, 0.3) is 0 Å². The Morgan fingerprint density at radius 2 is 2.11 bits per heavy atom. The second-order valence-corrected chi connectivity index (χ2v) is 6.51. The van der Waals surface area contributed by atoms with Crippen LogP contribution < -0.4 is 14.2 Å². The van der Waals surface area contributed by atoms with Gasteiger partial charge in [-0.3, -0.25) is 9.88 Å². The summed E-state index contributed by atoms with van der Waals surface area (Å²) in [5.41, 5.74) is 0.527. The smallest absolute Gasteiger partial charge is 0.320 e. The Morgan fingerprint density at radius 1 is 1.25 bits per heavy atom. The summed E-state index contributed by atoms with van der Waals surface area (Å²) in [5, 5.41) is 8.64. The fourth-order valence-corrected chi connectivity index (χ4v) is 3.23. The number of pyridine rings is 1. The number of ether oxygens (including phenoxy) is 4. The average molecular weight is 406 g/mol. The van der Waals surface area contributed by atoms with Crippen LogP contribution in [0.2, 0.25) is 5.02 Å². The second kappa shape index (κ2) is 8.59. The van der Waals surface area contributed by atoms with Gasteiger partial charge in [0, 0.05) is 31.1 Å². The molecule has 10 heteroatoms. The van der Waals surface area contributed by atoms with Crippen LogP contribution in [0.3, 0.4) is 0 Å². The van der Waals surface area contributed by atoms with E-state index >= 15 is 0 Å². The van der Waals surface area contributed by atoms with Crippen LogP contribution in [0, 0.1) is 0 Å². The third kappa shape index (κ3) is 4.11. The van der Waals surface area contributed by atoms with Crippen molar-refractivity contribution in [2.24, 2.45) is 0 Å². The Morgan fingerprint density at radius 3 is 2.86 bits per heavy atom. The first-order chi connectivity index (χ1) is 13.7. The van der Waals surface area contributed by atoms with Crippen LogP contribution in [0.5, 0.6) is 23.4 Å². The normalized spacial score (nSPS) is 14.9. The number of benzene rings is 1. The highest BCUT2D eigenvalue weighted by molar-refractivity contribution is 6.36. The molecule has 0 bridgehead atoms. The quantitative estimate of drug-likeness (QED) is 0.640. The first-order valence-corrected chi connectivity index (χ1v) is 9.26. The van der Waals surface area contributed by atoms with Gasteiger partial charge in [-0.2, -0.15) is 0 Å². The van der Waals surface area contributed by atoms with E-state index in [1.54, 1.807) is 13.2 Å². The Bertz CT molecular complexity index is 931. The Kier molecular flexibility index (Phi) is 5.75. The molecule has 0 amide bonds. The number of hydrogen-bond acceptors (Lipinski definition) is 8. The number of nitrogens with one attached hydrogen (secondary N) is 1. The summed E-state index contributed by atoms with van der Waals surface area (Å²) >= 11 is 6.58. The zero-order valence-electron chi connectivity index (χ0n) is 15.4. The van der Waals surface area contributed by atoms with Gasteiger partial charge >= 0.3 is 6.01 Å². The molecule has 4 rings (SSSR count). The summed E-state index contributed by atoms with van der Waals surface area (Å²) in [5.74, 6) is 1.43. The van der Waals surface area contributed by atoms with E-state index in [1.807, 2.05) is 12.1 Å². The van der Waals surface area contributed by atoms with Crippen molar-refractivity contribution >= 4 is 22.5 Å². The fraction of sp³-hybridized carbons (Fsp3) is 0.389. The molecule has 1 aliphatic heterocycles. The Labute approximate surface area is 166 Å². The van der Waals surface area contributed by atoms with Gasteiger partial charge in [0.05, 0.1) is 20.3 Å². The Hall–Kier alpha value is -2.62. The number of methoxy groups -OCH3 is 1. The third-order valence-electron chi connectivity index (χ3n) is 4.41. The number of aromatic nitrogens is 4. The molecule has 1 saturated heterocycles. The number of fused-ring (bicyclic) bond motifs is 1. The molecule has 2 aromatic heterocycles. The number of hydrogen-bond donors (Lipinski definition) is 1. The zero-order chi connectivity index (χ0) is 19.3. The molecule has 0 radical (unpaired) electrons. The standard InChI is InChI=1S/C18H20ClN5O4/c1-25-14-10-15(28-18-20-11-21-23-18)22-17-12(14)2-3-13(16(17)19)27-9-6-24-4-7-26-8-5-24/h2-3,10-11H,4-9H2,1H3,(H,20,21,23). The third-order valence-corrected chi connectivity index (χ3v) is 4.77. The highest BCUT2D eigenvalue weighted by Crippen LogP contribution is 2.38. The lowest BCUT2D eigenvalue weighted by molar-refractivity contribution is 0.0322. The van der Waals surface area contributed by atoms with Gasteiger partial charge in [-0.25, -0.2) is 4.98 Å². The molecule has 28 heavy (non-hydrogen) atoms. The number of aromatic amines is 1. The summed E-state index contributed by atoms with van der Waals surface area (Å²) in [7, 11) is 1.58. The van der Waals surface area contributed by atoms with Crippen molar-refractivity contribution in [2.45, 2.75) is 0 Å². The predicted molar refractivity (Wildman–Crippen MR) is 103 cm³/mol. The minimum atomic E-state index is 0.225. The van der Waals surface area contributed by atoms with Crippen molar-refractivity contribution in [1.82, 2.24) is 25.1 Å². The van der Waals surface area contributed by atoms with Crippen LogP contribution >= 0.6 is 11.6 Å². The largest absolute Gasteiger partial charge is 0.496 e. The van der Waals surface area contributed by atoms with Gasteiger partial charge in [0.1, 0.15) is 35.0 Å². The van der Waals surface area contributed by atoms with Crippen molar-refractivity contribution in [3.8, 4) is 23.4 Å². The van der Waals surface area contributed by atoms with Crippen molar-refractivity contribution in [3.63, 3.8) is 0 Å². The molecule has 148 valence electrons. The van der Waals surface area contributed by atoms with Crippen LogP contribution in [0.4, 0.5) is 0 Å². The number of halogens is 1. The SMILES string of the molecule is COc1cc(Oc2nnc[nH]2)nc2c(Cl)c(OCCN3CCOCC3)ccc12. The highest BCUT2D eigenvalue weighted by Gasteiger charge is 2.16. The lowest BCUT2D eigenvalue weighted by Crippen LogP contribution is -2.38. The van der Waals surface area contributed by atoms with Gasteiger partial charge in [-0.05, 0) is 12.1 Å². The van der Waals surface area contributed by atoms with Crippen LogP contribution in [0.25, 0.3) is 10.9 Å². The van der Waals surface area contributed by atoms with Gasteiger partial charge in [0.2, 0.25) is 5.88 Å². The molecule has 0 unspecified atom stereocenters. The maximum absolute atomic E-state index is 6.58. The lowest BCUT2D eigenvalue weighted by Gasteiger charge is -2.26. The van der Waals surface area contributed by atoms with Crippen molar-refractivity contribution in [1.29, 1.82) is 0 Å². The summed E-state index contributed by atoms with van der Waals surface area (Å²) < 4.78 is 22.3. The topological polar surface area (TPSA) is 94.6 Å². The van der Waals surface area contributed by atoms with Gasteiger partial charge in [0.15, 0.2) is 0 Å². The molecular weight excluding hydrogens is 386 g/mol. The predicted octanol–water partition coefficient (Wildman–Crippen LogP) is 2.52. The van der Waals surface area contributed by atoms with Gasteiger partial charge < -0.3 is 18.9 Å². The molecule has 1 fully saturated rings. The molecule has 0 atom stereocenters. The number of H-pyrrole nitrogens is 1. The first-order valence-electron chi connectivity index (χ1n) is 8.88. The fourth-order valence-electron chi connectivity index (χ4n) is 2.97. The van der Waals surface area contributed by atoms with E-state index in [4.69, 9.17) is 30.5 Å². The van der Waals surface area contributed by atoms with E-state index in [0.717, 1.165) is 38.2 Å².